The summed E-state index contributed by atoms with van der Waals surface area (Å²) in [5.74, 6) is 0. The van der Waals surface area contributed by atoms with Crippen LogP contribution in [-0.4, -0.2) is 33.8 Å². The first-order chi connectivity index (χ1) is 6.20. The van der Waals surface area contributed by atoms with Gasteiger partial charge in [-0.2, -0.15) is 0 Å². The van der Waals surface area contributed by atoms with Crippen LogP contribution in [0.4, 0.5) is 0 Å². The van der Waals surface area contributed by atoms with Gasteiger partial charge in [-0.1, -0.05) is 0 Å². The van der Waals surface area contributed by atoms with Crippen molar-refractivity contribution in [2.24, 2.45) is 0 Å². The van der Waals surface area contributed by atoms with Gasteiger partial charge in [-0.3, -0.25) is 0 Å². The van der Waals surface area contributed by atoms with Crippen molar-refractivity contribution >= 4 is 0 Å². The summed E-state index contributed by atoms with van der Waals surface area (Å²) in [6.45, 7) is 3.27. The highest BCUT2D eigenvalue weighted by Crippen LogP contribution is 2.18. The number of aryl methyl sites for hydroxylation is 1. The lowest BCUT2D eigenvalue weighted by Crippen LogP contribution is -2.60. The number of aliphatic hydroxyl groups is 1. The van der Waals surface area contributed by atoms with Crippen molar-refractivity contribution < 1.29 is 5.11 Å². The highest BCUT2D eigenvalue weighted by molar-refractivity contribution is 5.18. The zero-order valence-corrected chi connectivity index (χ0v) is 7.62. The first-order valence-corrected chi connectivity index (χ1v) is 4.38. The lowest BCUT2D eigenvalue weighted by molar-refractivity contribution is -0.00928. The number of nitrogens with zero attached hydrogens (tertiary/aromatic N) is 2. The third kappa shape index (κ3) is 1.68. The molecule has 2 N–H and O–H groups in total. The maximum atomic E-state index is 9.87. The first kappa shape index (κ1) is 8.59. The molecular formula is C9H13N3O. The fraction of sp³-hybridized carbons (Fsp3) is 0.556. The van der Waals surface area contributed by atoms with Crippen molar-refractivity contribution in [1.82, 2.24) is 15.3 Å². The molecular weight excluding hydrogens is 166 g/mol. The van der Waals surface area contributed by atoms with Crippen LogP contribution in [0.1, 0.15) is 11.3 Å². The topological polar surface area (TPSA) is 58.0 Å². The lowest BCUT2D eigenvalue weighted by atomic mass is 9.89. The molecule has 1 saturated heterocycles. The van der Waals surface area contributed by atoms with E-state index >= 15 is 0 Å². The molecule has 0 amide bonds. The molecule has 1 aliphatic rings. The zero-order chi connectivity index (χ0) is 9.31. The zero-order valence-electron chi connectivity index (χ0n) is 7.62. The van der Waals surface area contributed by atoms with Gasteiger partial charge < -0.3 is 10.4 Å². The Hall–Kier alpha value is -1.00. The normalized spacial score (nSPS) is 19.5. The van der Waals surface area contributed by atoms with Gasteiger partial charge >= 0.3 is 0 Å². The van der Waals surface area contributed by atoms with E-state index in [-0.39, 0.29) is 0 Å². The summed E-state index contributed by atoms with van der Waals surface area (Å²) >= 11 is 0. The van der Waals surface area contributed by atoms with Crippen LogP contribution in [0.5, 0.6) is 0 Å². The Morgan fingerprint density at radius 1 is 1.62 bits per heavy atom. The third-order valence-electron chi connectivity index (χ3n) is 2.44. The van der Waals surface area contributed by atoms with Gasteiger partial charge in [-0.05, 0) is 12.5 Å². The largest absolute Gasteiger partial charge is 0.387 e. The number of hydrogen-bond donors (Lipinski definition) is 2. The molecule has 2 rings (SSSR count). The minimum Gasteiger partial charge on any atom is -0.387 e. The van der Waals surface area contributed by atoms with Gasteiger partial charge in [0.05, 0.1) is 5.60 Å². The van der Waals surface area contributed by atoms with Crippen molar-refractivity contribution in [3.63, 3.8) is 0 Å². The Bertz CT molecular complexity index is 309. The average molecular weight is 179 g/mol. The molecule has 1 aromatic heterocycles. The number of rotatable bonds is 2. The van der Waals surface area contributed by atoms with Crippen LogP contribution in [0.3, 0.4) is 0 Å². The second kappa shape index (κ2) is 3.05. The Kier molecular flexibility index (Phi) is 2.01. The van der Waals surface area contributed by atoms with E-state index in [0.29, 0.717) is 19.5 Å². The summed E-state index contributed by atoms with van der Waals surface area (Å²) < 4.78 is 0. The summed E-state index contributed by atoms with van der Waals surface area (Å²) in [5, 5.41) is 12.9. The van der Waals surface area contributed by atoms with Crippen LogP contribution in [-0.2, 0) is 6.42 Å². The van der Waals surface area contributed by atoms with E-state index in [1.807, 2.05) is 6.92 Å². The van der Waals surface area contributed by atoms with Crippen LogP contribution >= 0.6 is 0 Å². The van der Waals surface area contributed by atoms with Crippen LogP contribution in [0, 0.1) is 6.92 Å². The smallest absolute Gasteiger partial charge is 0.115 e. The van der Waals surface area contributed by atoms with Gasteiger partial charge in [0, 0.05) is 31.4 Å². The lowest BCUT2D eigenvalue weighted by Gasteiger charge is -2.37. The molecule has 1 aromatic rings. The second-order valence-corrected chi connectivity index (χ2v) is 3.64. The molecule has 4 heteroatoms. The van der Waals surface area contributed by atoms with Gasteiger partial charge in [0.15, 0.2) is 0 Å². The Morgan fingerprint density at radius 3 is 2.92 bits per heavy atom. The molecule has 4 nitrogen and oxygen atoms in total. The third-order valence-corrected chi connectivity index (χ3v) is 2.44. The quantitative estimate of drug-likeness (QED) is 0.652. The molecule has 0 radical (unpaired) electrons. The van der Waals surface area contributed by atoms with Gasteiger partial charge in [-0.25, -0.2) is 9.97 Å². The molecule has 0 atom stereocenters. The predicted molar refractivity (Wildman–Crippen MR) is 48.3 cm³/mol. The number of aromatic nitrogens is 2. The Morgan fingerprint density at radius 2 is 2.38 bits per heavy atom. The highest BCUT2D eigenvalue weighted by atomic mass is 16.3. The summed E-state index contributed by atoms with van der Waals surface area (Å²) in [7, 11) is 0. The molecule has 0 aromatic carbocycles. The molecule has 70 valence electrons. The van der Waals surface area contributed by atoms with Crippen LogP contribution < -0.4 is 5.32 Å². The average Bonchev–Trinajstić information content (AvgIpc) is 2.06. The fourth-order valence-electron chi connectivity index (χ4n) is 1.49. The van der Waals surface area contributed by atoms with E-state index in [4.69, 9.17) is 0 Å². The van der Waals surface area contributed by atoms with E-state index in [9.17, 15) is 5.11 Å². The molecule has 13 heavy (non-hydrogen) atoms. The van der Waals surface area contributed by atoms with Crippen LogP contribution in [0.25, 0.3) is 0 Å². The predicted octanol–water partition coefficient (Wildman–Crippen LogP) is -0.338. The second-order valence-electron chi connectivity index (χ2n) is 3.64. The Labute approximate surface area is 77.0 Å². The van der Waals surface area contributed by atoms with Gasteiger partial charge in [-0.15, -0.1) is 0 Å². The van der Waals surface area contributed by atoms with Crippen molar-refractivity contribution in [3.05, 3.63) is 23.8 Å². The maximum Gasteiger partial charge on any atom is 0.115 e. The molecule has 1 fully saturated rings. The van der Waals surface area contributed by atoms with E-state index in [1.54, 1.807) is 6.20 Å². The maximum absolute atomic E-state index is 9.87. The number of nitrogens with one attached hydrogen (secondary N) is 1. The number of β-amino-alcohol motifs (C(OH)–C–C–N with tert-alkyl or cyclic N) is 1. The van der Waals surface area contributed by atoms with Gasteiger partial charge in [0.25, 0.3) is 0 Å². The highest BCUT2D eigenvalue weighted by Gasteiger charge is 2.34. The molecule has 2 heterocycles. The summed E-state index contributed by atoms with van der Waals surface area (Å²) in [6.07, 6.45) is 3.95. The van der Waals surface area contributed by atoms with Crippen molar-refractivity contribution in [1.29, 1.82) is 0 Å². The standard InChI is InChI=1S/C9H13N3O/c1-7-8(3-10-6-12-7)2-9(13)4-11-5-9/h3,6,11,13H,2,4-5H2,1H3. The van der Waals surface area contributed by atoms with Crippen molar-refractivity contribution in [3.8, 4) is 0 Å². The number of hydrogen-bond acceptors (Lipinski definition) is 4. The Balaban J connectivity index is 2.13. The van der Waals surface area contributed by atoms with Crippen LogP contribution in [0.2, 0.25) is 0 Å². The minimum atomic E-state index is -0.574. The molecule has 0 spiro atoms. The molecule has 0 saturated carbocycles. The summed E-state index contributed by atoms with van der Waals surface area (Å²) in [6, 6.07) is 0. The monoisotopic (exact) mass is 179 g/mol. The SMILES string of the molecule is Cc1ncncc1CC1(O)CNC1. The van der Waals surface area contributed by atoms with E-state index in [0.717, 1.165) is 11.3 Å². The minimum absolute atomic E-state index is 0.574. The molecule has 0 bridgehead atoms. The molecule has 0 unspecified atom stereocenters. The van der Waals surface area contributed by atoms with Crippen molar-refractivity contribution in [2.45, 2.75) is 18.9 Å². The fourth-order valence-corrected chi connectivity index (χ4v) is 1.49. The van der Waals surface area contributed by atoms with E-state index < -0.39 is 5.60 Å². The molecule has 1 aliphatic heterocycles. The first-order valence-electron chi connectivity index (χ1n) is 4.38. The van der Waals surface area contributed by atoms with Gasteiger partial charge in [0.2, 0.25) is 0 Å². The van der Waals surface area contributed by atoms with Gasteiger partial charge in [0.1, 0.15) is 6.33 Å². The van der Waals surface area contributed by atoms with Crippen molar-refractivity contribution in [2.75, 3.05) is 13.1 Å². The summed E-state index contributed by atoms with van der Waals surface area (Å²) in [5.41, 5.74) is 1.41. The summed E-state index contributed by atoms with van der Waals surface area (Å²) in [4.78, 5) is 8.02. The molecule has 0 aliphatic carbocycles. The van der Waals surface area contributed by atoms with E-state index in [1.165, 1.54) is 6.33 Å². The van der Waals surface area contributed by atoms with E-state index in [2.05, 4.69) is 15.3 Å². The van der Waals surface area contributed by atoms with Crippen LogP contribution in [0.15, 0.2) is 12.5 Å².